The van der Waals surface area contributed by atoms with E-state index in [2.05, 4.69) is 119 Å². The molecule has 0 fully saturated rings. The maximum atomic E-state index is 14.1. The van der Waals surface area contributed by atoms with Crippen LogP contribution in [0.25, 0.3) is 52.7 Å². The lowest BCUT2D eigenvalue weighted by molar-refractivity contribution is 0.627. The average Bonchev–Trinajstić information content (AvgIpc) is 3.92. The van der Waals surface area contributed by atoms with Gasteiger partial charge in [0.2, 0.25) is 0 Å². The zero-order chi connectivity index (χ0) is 39.0. The number of hydrogen-bond acceptors (Lipinski definition) is 6. The second-order valence-corrected chi connectivity index (χ2v) is 15.8. The van der Waals surface area contributed by atoms with E-state index >= 15 is 0 Å². The van der Waals surface area contributed by atoms with Crippen molar-refractivity contribution >= 4 is 77.2 Å². The molecular formula is C50H32F2N4S2. The lowest BCUT2D eigenvalue weighted by Gasteiger charge is -2.26. The summed E-state index contributed by atoms with van der Waals surface area (Å²) in [6.45, 7) is 0. The fourth-order valence-electron chi connectivity index (χ4n) is 7.18. The van der Waals surface area contributed by atoms with Crippen molar-refractivity contribution < 1.29 is 8.78 Å². The van der Waals surface area contributed by atoms with Gasteiger partial charge in [0.1, 0.15) is 21.6 Å². The fraction of sp³-hybridized carbons (Fsp3) is 0. The van der Waals surface area contributed by atoms with Crippen molar-refractivity contribution in [2.45, 2.75) is 0 Å². The van der Waals surface area contributed by atoms with Gasteiger partial charge in [-0.1, -0.05) is 48.5 Å². The van der Waals surface area contributed by atoms with Crippen molar-refractivity contribution in [2.75, 3.05) is 9.80 Å². The highest BCUT2D eigenvalue weighted by atomic mass is 32.1. The van der Waals surface area contributed by atoms with E-state index in [4.69, 9.17) is 9.97 Å². The maximum absolute atomic E-state index is 14.1. The molecule has 0 N–H and O–H groups in total. The van der Waals surface area contributed by atoms with Crippen molar-refractivity contribution in [1.29, 1.82) is 0 Å². The Bertz CT molecular complexity index is 2720. The minimum atomic E-state index is -0.284. The van der Waals surface area contributed by atoms with Crippen LogP contribution in [-0.4, -0.2) is 9.97 Å². The van der Waals surface area contributed by atoms with Crippen molar-refractivity contribution in [3.63, 3.8) is 0 Å². The third kappa shape index (κ3) is 7.00. The first-order chi connectivity index (χ1) is 28.5. The second kappa shape index (κ2) is 15.2. The summed E-state index contributed by atoms with van der Waals surface area (Å²) in [4.78, 5) is 13.9. The van der Waals surface area contributed by atoms with Crippen molar-refractivity contribution in [1.82, 2.24) is 9.97 Å². The van der Waals surface area contributed by atoms with Gasteiger partial charge >= 0.3 is 0 Å². The maximum Gasteiger partial charge on any atom is 0.124 e. The highest BCUT2D eigenvalue weighted by Crippen LogP contribution is 2.40. The Hall–Kier alpha value is -7.00. The van der Waals surface area contributed by atoms with Crippen LogP contribution >= 0.6 is 22.7 Å². The van der Waals surface area contributed by atoms with Crippen LogP contribution in [0.5, 0.6) is 0 Å². The predicted octanol–water partition coefficient (Wildman–Crippen LogP) is 15.1. The Morgan fingerprint density at radius 2 is 0.586 bits per heavy atom. The van der Waals surface area contributed by atoms with Gasteiger partial charge in [0.25, 0.3) is 0 Å². The van der Waals surface area contributed by atoms with Gasteiger partial charge in [0, 0.05) is 45.3 Å². The van der Waals surface area contributed by atoms with Gasteiger partial charge in [-0.2, -0.15) is 0 Å². The van der Waals surface area contributed by atoms with Crippen LogP contribution in [0.4, 0.5) is 42.9 Å². The highest BCUT2D eigenvalue weighted by molar-refractivity contribution is 7.22. The van der Waals surface area contributed by atoms with Gasteiger partial charge in [-0.15, -0.1) is 22.7 Å². The van der Waals surface area contributed by atoms with E-state index in [-0.39, 0.29) is 11.6 Å². The molecule has 0 saturated heterocycles. The van der Waals surface area contributed by atoms with Gasteiger partial charge in [0.15, 0.2) is 0 Å². The molecule has 8 heteroatoms. The molecular weight excluding hydrogens is 759 g/mol. The summed E-state index contributed by atoms with van der Waals surface area (Å²) in [5.74, 6) is -0.568. The van der Waals surface area contributed by atoms with Gasteiger partial charge in [-0.25, -0.2) is 18.7 Å². The SMILES string of the molecule is Fc1ccc(N(c2ccc(-c3ccc(N(c4ccc(F)cc4)c4ccc(-c5nc6ccccc6s5)cc4)cc3)cc2)c2ccc(-c3nc4ccccc4s3)cc2)cc1. The summed E-state index contributed by atoms with van der Waals surface area (Å²) >= 11 is 3.35. The second-order valence-electron chi connectivity index (χ2n) is 13.8. The van der Waals surface area contributed by atoms with E-state index in [0.717, 1.165) is 86.8 Å². The van der Waals surface area contributed by atoms with E-state index in [1.165, 1.54) is 24.3 Å². The molecule has 2 aromatic heterocycles. The molecule has 0 spiro atoms. The fourth-order valence-corrected chi connectivity index (χ4v) is 9.12. The molecule has 58 heavy (non-hydrogen) atoms. The number of thiazole rings is 2. The predicted molar refractivity (Wildman–Crippen MR) is 238 cm³/mol. The van der Waals surface area contributed by atoms with Gasteiger partial charge in [-0.05, 0) is 157 Å². The lowest BCUT2D eigenvalue weighted by Crippen LogP contribution is -2.10. The van der Waals surface area contributed by atoms with Crippen LogP contribution < -0.4 is 9.80 Å². The minimum absolute atomic E-state index is 0.284. The van der Waals surface area contributed by atoms with Gasteiger partial charge < -0.3 is 9.80 Å². The van der Waals surface area contributed by atoms with Crippen LogP contribution in [-0.2, 0) is 0 Å². The Labute approximate surface area is 342 Å². The summed E-state index contributed by atoms with van der Waals surface area (Å²) in [7, 11) is 0. The number of benzene rings is 8. The molecule has 0 unspecified atom stereocenters. The summed E-state index contributed by atoms with van der Waals surface area (Å²) in [5, 5.41) is 1.94. The first kappa shape index (κ1) is 35.4. The Kier molecular flexibility index (Phi) is 9.25. The molecule has 0 atom stereocenters. The molecule has 2 heterocycles. The summed E-state index contributed by atoms with van der Waals surface area (Å²) in [6, 6.07) is 62.9. The number of halogens is 2. The standard InChI is InChI=1S/C50H32F2N4S2/c51-37-17-29-43(30-18-37)55(41-25-13-35(14-26-41)49-53-45-5-1-3-7-47(45)57-49)39-21-9-33(10-22-39)34-11-23-40(24-12-34)56(44-31-19-38(52)20-32-44)42-27-15-36(16-28-42)50-54-46-6-2-4-8-48(46)58-50/h1-32H. The molecule has 10 rings (SSSR count). The van der Waals surface area contributed by atoms with E-state index in [0.29, 0.717) is 0 Å². The molecule has 10 aromatic rings. The summed E-state index contributed by atoms with van der Waals surface area (Å²) in [5.41, 5.74) is 11.6. The molecule has 0 amide bonds. The molecule has 0 saturated carbocycles. The van der Waals surface area contributed by atoms with Crippen LogP contribution in [0.3, 0.4) is 0 Å². The summed E-state index contributed by atoms with van der Waals surface area (Å²) < 4.78 is 30.5. The molecule has 4 nitrogen and oxygen atoms in total. The van der Waals surface area contributed by atoms with Crippen molar-refractivity contribution in [3.8, 4) is 32.3 Å². The van der Waals surface area contributed by atoms with E-state index in [1.807, 2.05) is 36.4 Å². The Morgan fingerprint density at radius 3 is 0.897 bits per heavy atom. The largest absolute Gasteiger partial charge is 0.311 e. The molecule has 0 aliphatic rings. The molecule has 278 valence electrons. The number of rotatable bonds is 9. The van der Waals surface area contributed by atoms with E-state index < -0.39 is 0 Å². The van der Waals surface area contributed by atoms with Crippen LogP contribution in [0.1, 0.15) is 0 Å². The van der Waals surface area contributed by atoms with E-state index in [9.17, 15) is 8.78 Å². The topological polar surface area (TPSA) is 32.3 Å². The average molecular weight is 791 g/mol. The minimum Gasteiger partial charge on any atom is -0.311 e. The third-order valence-electron chi connectivity index (χ3n) is 10.1. The van der Waals surface area contributed by atoms with Gasteiger partial charge in [0.05, 0.1) is 20.4 Å². The number of aromatic nitrogens is 2. The number of fused-ring (bicyclic) bond motifs is 2. The van der Waals surface area contributed by atoms with E-state index in [1.54, 1.807) is 46.9 Å². The number of hydrogen-bond donors (Lipinski definition) is 0. The third-order valence-corrected chi connectivity index (χ3v) is 12.3. The van der Waals surface area contributed by atoms with Crippen LogP contribution in [0.15, 0.2) is 194 Å². The van der Waals surface area contributed by atoms with Gasteiger partial charge in [-0.3, -0.25) is 0 Å². The molecule has 0 aliphatic carbocycles. The monoisotopic (exact) mass is 790 g/mol. The normalized spacial score (nSPS) is 11.3. The zero-order valence-corrected chi connectivity index (χ0v) is 32.5. The van der Waals surface area contributed by atoms with Crippen molar-refractivity contribution in [2.24, 2.45) is 0 Å². The molecule has 8 aromatic carbocycles. The smallest absolute Gasteiger partial charge is 0.124 e. The molecule has 0 aliphatic heterocycles. The molecule has 0 radical (unpaired) electrons. The summed E-state index contributed by atoms with van der Waals surface area (Å²) in [6.07, 6.45) is 0. The van der Waals surface area contributed by atoms with Crippen molar-refractivity contribution in [3.05, 3.63) is 206 Å². The first-order valence-corrected chi connectivity index (χ1v) is 20.4. The lowest BCUT2D eigenvalue weighted by atomic mass is 10.0. The Balaban J connectivity index is 0.936. The zero-order valence-electron chi connectivity index (χ0n) is 30.8. The Morgan fingerprint density at radius 1 is 0.310 bits per heavy atom. The number of nitrogens with zero attached hydrogens (tertiary/aromatic N) is 4. The first-order valence-electron chi connectivity index (χ1n) is 18.8. The molecule has 0 bridgehead atoms. The number of anilines is 6. The van der Waals surface area contributed by atoms with Crippen LogP contribution in [0.2, 0.25) is 0 Å². The quantitative estimate of drug-likeness (QED) is 0.146. The number of para-hydroxylation sites is 2. The highest BCUT2D eigenvalue weighted by Gasteiger charge is 2.17. The van der Waals surface area contributed by atoms with Crippen LogP contribution in [0, 0.1) is 11.6 Å².